The molecule has 2 fully saturated rings. The average molecular weight is 384 g/mol. The van der Waals surface area contributed by atoms with Crippen LogP contribution >= 0.6 is 11.6 Å². The van der Waals surface area contributed by atoms with E-state index in [0.29, 0.717) is 25.9 Å². The van der Waals surface area contributed by atoms with Crippen LogP contribution in [0.4, 0.5) is 5.69 Å². The van der Waals surface area contributed by atoms with Crippen molar-refractivity contribution in [2.45, 2.75) is 24.6 Å². The third-order valence-electron chi connectivity index (χ3n) is 4.92. The van der Waals surface area contributed by atoms with Crippen LogP contribution in [-0.2, 0) is 9.53 Å². The third kappa shape index (κ3) is 3.13. The van der Waals surface area contributed by atoms with Crippen LogP contribution in [0.15, 0.2) is 18.2 Å². The van der Waals surface area contributed by atoms with E-state index in [2.05, 4.69) is 4.90 Å². The van der Waals surface area contributed by atoms with E-state index in [-0.39, 0.29) is 17.2 Å². The summed E-state index contributed by atoms with van der Waals surface area (Å²) in [5.74, 6) is -1.78. The van der Waals surface area contributed by atoms with Crippen LogP contribution in [0.1, 0.15) is 23.2 Å². The summed E-state index contributed by atoms with van der Waals surface area (Å²) in [4.78, 5) is 38.5. The molecule has 2 heterocycles. The molecule has 2 saturated heterocycles. The minimum atomic E-state index is -1.17. The highest BCUT2D eigenvalue weighted by Gasteiger charge is 2.53. The van der Waals surface area contributed by atoms with Gasteiger partial charge in [-0.15, -0.1) is 0 Å². The number of nitro groups is 1. The van der Waals surface area contributed by atoms with Crippen LogP contribution in [0, 0.1) is 10.1 Å². The second kappa shape index (κ2) is 6.82. The maximum absolute atomic E-state index is 13.1. The van der Waals surface area contributed by atoms with Crippen molar-refractivity contribution in [1.29, 1.82) is 0 Å². The summed E-state index contributed by atoms with van der Waals surface area (Å²) in [6.45, 7) is 1.19. The van der Waals surface area contributed by atoms with Crippen molar-refractivity contribution >= 4 is 29.2 Å². The number of nitro benzene ring substituents is 1. The maximum atomic E-state index is 13.1. The average Bonchev–Trinajstić information content (AvgIpc) is 2.96. The second-order valence-corrected chi connectivity index (χ2v) is 6.92. The number of piperidine rings is 1. The van der Waals surface area contributed by atoms with Crippen molar-refractivity contribution in [2.24, 2.45) is 0 Å². The first-order chi connectivity index (χ1) is 12.2. The highest BCUT2D eigenvalue weighted by atomic mass is 35.5. The number of ether oxygens (including phenoxy) is 1. The van der Waals surface area contributed by atoms with E-state index in [9.17, 15) is 24.8 Å². The Morgan fingerprint density at radius 1 is 1.38 bits per heavy atom. The van der Waals surface area contributed by atoms with Gasteiger partial charge < -0.3 is 14.7 Å². The molecule has 2 aliphatic heterocycles. The highest BCUT2D eigenvalue weighted by Crippen LogP contribution is 2.38. The zero-order valence-electron chi connectivity index (χ0n) is 14.1. The van der Waals surface area contributed by atoms with Crippen molar-refractivity contribution in [2.75, 3.05) is 26.7 Å². The predicted molar refractivity (Wildman–Crippen MR) is 91.1 cm³/mol. The molecule has 26 heavy (non-hydrogen) atoms. The Morgan fingerprint density at radius 3 is 2.62 bits per heavy atom. The molecule has 0 aromatic heterocycles. The van der Waals surface area contributed by atoms with Crippen LogP contribution in [0.3, 0.4) is 0 Å². The molecule has 140 valence electrons. The largest absolute Gasteiger partial charge is 0.480 e. The number of nitrogens with zero attached hydrogens (tertiary/aromatic N) is 3. The molecule has 3 rings (SSSR count). The van der Waals surface area contributed by atoms with Gasteiger partial charge in [-0.1, -0.05) is 11.6 Å². The lowest BCUT2D eigenvalue weighted by molar-refractivity contribution is -0.384. The van der Waals surface area contributed by atoms with E-state index >= 15 is 0 Å². The van der Waals surface area contributed by atoms with E-state index in [1.54, 1.807) is 0 Å². The molecule has 1 atom stereocenters. The Kier molecular flexibility index (Phi) is 4.87. The number of rotatable bonds is 3. The Labute approximate surface area is 154 Å². The fraction of sp³-hybridized carbons (Fsp3) is 0.500. The molecule has 1 N–H and O–H groups in total. The molecule has 10 heteroatoms. The first-order valence-corrected chi connectivity index (χ1v) is 8.46. The number of hydrogen-bond donors (Lipinski definition) is 1. The van der Waals surface area contributed by atoms with Gasteiger partial charge in [-0.2, -0.15) is 0 Å². The second-order valence-electron chi connectivity index (χ2n) is 6.51. The van der Waals surface area contributed by atoms with Crippen molar-refractivity contribution in [1.82, 2.24) is 9.80 Å². The first-order valence-electron chi connectivity index (χ1n) is 8.08. The normalized spacial score (nSPS) is 22.5. The molecule has 0 unspecified atom stereocenters. The fourth-order valence-corrected chi connectivity index (χ4v) is 3.63. The van der Waals surface area contributed by atoms with Gasteiger partial charge >= 0.3 is 5.97 Å². The lowest BCUT2D eigenvalue weighted by Crippen LogP contribution is -2.57. The Bertz CT molecular complexity index is 762. The van der Waals surface area contributed by atoms with Crippen LogP contribution in [-0.4, -0.2) is 70.2 Å². The Balaban J connectivity index is 1.99. The SMILES string of the molecule is CN1CCC2(CC1)OC[C@@H](C(=O)O)N2C(=O)c1ccc(Cl)c([N+](=O)[O-])c1. The molecule has 1 aromatic carbocycles. The number of halogens is 1. The first kappa shape index (κ1) is 18.6. The van der Waals surface area contributed by atoms with Gasteiger partial charge in [0.15, 0.2) is 6.04 Å². The van der Waals surface area contributed by atoms with Gasteiger partial charge in [-0.3, -0.25) is 19.8 Å². The molecule has 1 amide bonds. The monoisotopic (exact) mass is 383 g/mol. The number of carboxylic acid groups (broad SMARTS) is 1. The predicted octanol–water partition coefficient (Wildman–Crippen LogP) is 1.60. The van der Waals surface area contributed by atoms with Gasteiger partial charge in [0.25, 0.3) is 11.6 Å². The van der Waals surface area contributed by atoms with Crippen molar-refractivity contribution < 1.29 is 24.4 Å². The summed E-state index contributed by atoms with van der Waals surface area (Å²) in [7, 11) is 1.94. The summed E-state index contributed by atoms with van der Waals surface area (Å²) in [5, 5.41) is 20.5. The summed E-state index contributed by atoms with van der Waals surface area (Å²) < 4.78 is 5.80. The zero-order valence-corrected chi connectivity index (χ0v) is 14.8. The molecule has 0 bridgehead atoms. The van der Waals surface area contributed by atoms with Crippen LogP contribution in [0.25, 0.3) is 0 Å². The van der Waals surface area contributed by atoms with E-state index in [0.717, 1.165) is 6.07 Å². The number of carbonyl (C=O) groups excluding carboxylic acids is 1. The molecule has 1 spiro atoms. The summed E-state index contributed by atoms with van der Waals surface area (Å²) in [5.41, 5.74) is -1.40. The van der Waals surface area contributed by atoms with Gasteiger partial charge in [0.1, 0.15) is 10.7 Å². The number of hydrogen-bond acceptors (Lipinski definition) is 6. The lowest BCUT2D eigenvalue weighted by atomic mass is 9.97. The molecule has 2 aliphatic rings. The third-order valence-corrected chi connectivity index (χ3v) is 5.24. The van der Waals surface area contributed by atoms with Crippen LogP contribution in [0.2, 0.25) is 5.02 Å². The number of carboxylic acids is 1. The molecule has 0 radical (unpaired) electrons. The van der Waals surface area contributed by atoms with Gasteiger partial charge in [-0.25, -0.2) is 4.79 Å². The Morgan fingerprint density at radius 2 is 2.04 bits per heavy atom. The van der Waals surface area contributed by atoms with E-state index < -0.39 is 34.3 Å². The molecular weight excluding hydrogens is 366 g/mol. The van der Waals surface area contributed by atoms with E-state index in [1.165, 1.54) is 17.0 Å². The summed E-state index contributed by atoms with van der Waals surface area (Å²) in [6.07, 6.45) is 0.934. The standard InChI is InChI=1S/C16H18ClN3O6/c1-18-6-4-16(5-7-18)19(13(9-26-16)15(22)23)14(21)10-2-3-11(17)12(8-10)20(24)25/h2-3,8,13H,4-7,9H2,1H3,(H,22,23)/t13-/m0/s1. The lowest BCUT2D eigenvalue weighted by Gasteiger charge is -2.43. The van der Waals surface area contributed by atoms with Gasteiger partial charge in [0, 0.05) is 37.6 Å². The number of carbonyl (C=O) groups is 2. The van der Waals surface area contributed by atoms with Gasteiger partial charge in [-0.05, 0) is 19.2 Å². The van der Waals surface area contributed by atoms with Crippen LogP contribution < -0.4 is 0 Å². The van der Waals surface area contributed by atoms with E-state index in [1.807, 2.05) is 7.05 Å². The zero-order chi connectivity index (χ0) is 19.1. The number of amides is 1. The van der Waals surface area contributed by atoms with Crippen molar-refractivity contribution in [3.63, 3.8) is 0 Å². The smallest absolute Gasteiger partial charge is 0.328 e. The van der Waals surface area contributed by atoms with Gasteiger partial charge in [0.05, 0.1) is 11.5 Å². The van der Waals surface area contributed by atoms with Crippen LogP contribution in [0.5, 0.6) is 0 Å². The minimum absolute atomic E-state index is 0.0103. The molecule has 9 nitrogen and oxygen atoms in total. The highest BCUT2D eigenvalue weighted by molar-refractivity contribution is 6.32. The number of likely N-dealkylation sites (tertiary alicyclic amines) is 1. The minimum Gasteiger partial charge on any atom is -0.480 e. The number of benzene rings is 1. The quantitative estimate of drug-likeness (QED) is 0.622. The summed E-state index contributed by atoms with van der Waals surface area (Å²) in [6, 6.07) is 2.56. The molecule has 0 aliphatic carbocycles. The maximum Gasteiger partial charge on any atom is 0.328 e. The Hall–Kier alpha value is -2.23. The molecular formula is C16H18ClN3O6. The van der Waals surface area contributed by atoms with Crippen molar-refractivity contribution in [3.8, 4) is 0 Å². The topological polar surface area (TPSA) is 113 Å². The summed E-state index contributed by atoms with van der Waals surface area (Å²) >= 11 is 5.80. The molecule has 0 saturated carbocycles. The van der Waals surface area contributed by atoms with E-state index in [4.69, 9.17) is 16.3 Å². The molecule has 1 aromatic rings. The van der Waals surface area contributed by atoms with Gasteiger partial charge in [0.2, 0.25) is 0 Å². The fourth-order valence-electron chi connectivity index (χ4n) is 3.45. The van der Waals surface area contributed by atoms with Crippen molar-refractivity contribution in [3.05, 3.63) is 38.9 Å². The number of aliphatic carboxylic acids is 1.